The minimum absolute atomic E-state index is 0. The summed E-state index contributed by atoms with van der Waals surface area (Å²) in [5.74, 6) is 0.154. The minimum Gasteiger partial charge on any atom is -0.312 e. The van der Waals surface area contributed by atoms with Crippen LogP contribution in [0, 0.1) is 0 Å². The quantitative estimate of drug-likeness (QED) is 0.853. The van der Waals surface area contributed by atoms with E-state index in [1.165, 1.54) is 17.5 Å². The number of hydrogen-bond donors (Lipinski definition) is 0. The molecule has 0 aromatic heterocycles. The van der Waals surface area contributed by atoms with Crippen molar-refractivity contribution in [2.24, 2.45) is 0 Å². The largest absolute Gasteiger partial charge is 0.312 e. The van der Waals surface area contributed by atoms with Crippen LogP contribution in [0.5, 0.6) is 0 Å². The lowest BCUT2D eigenvalue weighted by molar-refractivity contribution is -0.116. The monoisotopic (exact) mass is 296 g/mol. The molecule has 0 saturated heterocycles. The summed E-state index contributed by atoms with van der Waals surface area (Å²) in [5, 5.41) is 0. The molecule has 0 radical (unpaired) electrons. The predicted octanol–water partition coefficient (Wildman–Crippen LogP) is 2.90. The maximum atomic E-state index is 11.6. The van der Waals surface area contributed by atoms with E-state index in [1.54, 1.807) is 6.92 Å². The second-order valence-corrected chi connectivity index (χ2v) is 5.64. The highest BCUT2D eigenvalue weighted by molar-refractivity contribution is 5.92. The number of halogens is 1. The van der Waals surface area contributed by atoms with Crippen LogP contribution in [-0.4, -0.2) is 38.0 Å². The molecule has 0 bridgehead atoms. The Morgan fingerprint density at radius 2 is 2.10 bits per heavy atom. The summed E-state index contributed by atoms with van der Waals surface area (Å²) in [6.07, 6.45) is 4.47. The van der Waals surface area contributed by atoms with Gasteiger partial charge in [-0.25, -0.2) is 0 Å². The van der Waals surface area contributed by atoms with Crippen molar-refractivity contribution < 1.29 is 4.79 Å². The first-order valence-electron chi connectivity index (χ1n) is 7.12. The summed E-state index contributed by atoms with van der Waals surface area (Å²) < 4.78 is 0. The summed E-state index contributed by atoms with van der Waals surface area (Å²) in [6, 6.07) is 6.59. The van der Waals surface area contributed by atoms with Gasteiger partial charge in [0.25, 0.3) is 0 Å². The van der Waals surface area contributed by atoms with Gasteiger partial charge in [0, 0.05) is 19.2 Å². The fraction of sp³-hybridized carbons (Fsp3) is 0.562. The van der Waals surface area contributed by atoms with Crippen molar-refractivity contribution in [1.82, 2.24) is 4.90 Å². The van der Waals surface area contributed by atoms with Crippen LogP contribution in [0.15, 0.2) is 18.2 Å². The van der Waals surface area contributed by atoms with Crippen LogP contribution in [-0.2, 0) is 17.6 Å². The number of benzene rings is 1. The number of fused-ring (bicyclic) bond motifs is 1. The predicted molar refractivity (Wildman–Crippen MR) is 86.9 cm³/mol. The molecule has 1 amide bonds. The molecular formula is C16H25ClN2O. The molecule has 0 atom stereocenters. The number of carbonyl (C=O) groups is 1. The third-order valence-corrected chi connectivity index (χ3v) is 3.71. The molecule has 20 heavy (non-hydrogen) atoms. The molecule has 4 heteroatoms. The average Bonchev–Trinajstić information content (AvgIpc) is 2.37. The minimum atomic E-state index is 0. The van der Waals surface area contributed by atoms with Gasteiger partial charge in [0.1, 0.15) is 0 Å². The zero-order chi connectivity index (χ0) is 13.8. The molecule has 0 fully saturated rings. The Labute approximate surface area is 128 Å². The molecule has 0 spiro atoms. The molecule has 1 aromatic rings. The van der Waals surface area contributed by atoms with E-state index >= 15 is 0 Å². The average molecular weight is 297 g/mol. The Bertz CT molecular complexity index is 460. The zero-order valence-corrected chi connectivity index (χ0v) is 13.5. The summed E-state index contributed by atoms with van der Waals surface area (Å²) in [6.45, 7) is 3.64. The standard InChI is InChI=1S/C16H24N2O.ClH/c1-13(19)18-11-5-7-15-12-14(8-9-16(15)18)6-4-10-17(2)3;/h8-9,12H,4-7,10-11H2,1-3H3;1H. The van der Waals surface area contributed by atoms with Gasteiger partial charge in [0.15, 0.2) is 0 Å². The van der Waals surface area contributed by atoms with Crippen molar-refractivity contribution in [3.05, 3.63) is 29.3 Å². The highest BCUT2D eigenvalue weighted by Crippen LogP contribution is 2.28. The second-order valence-electron chi connectivity index (χ2n) is 5.64. The van der Waals surface area contributed by atoms with E-state index in [9.17, 15) is 4.79 Å². The van der Waals surface area contributed by atoms with Gasteiger partial charge in [0.05, 0.1) is 0 Å². The van der Waals surface area contributed by atoms with Gasteiger partial charge in [-0.05, 0) is 63.5 Å². The van der Waals surface area contributed by atoms with Crippen molar-refractivity contribution in [3.8, 4) is 0 Å². The third-order valence-electron chi connectivity index (χ3n) is 3.71. The molecule has 1 heterocycles. The zero-order valence-electron chi connectivity index (χ0n) is 12.7. The normalized spacial score (nSPS) is 13.9. The first-order valence-corrected chi connectivity index (χ1v) is 7.12. The van der Waals surface area contributed by atoms with Crippen LogP contribution in [0.2, 0.25) is 0 Å². The number of aryl methyl sites for hydroxylation is 2. The van der Waals surface area contributed by atoms with Crippen LogP contribution in [0.4, 0.5) is 5.69 Å². The lowest BCUT2D eigenvalue weighted by atomic mass is 9.97. The number of amides is 1. The molecular weight excluding hydrogens is 272 g/mol. The van der Waals surface area contributed by atoms with Crippen LogP contribution < -0.4 is 4.90 Å². The first-order chi connectivity index (χ1) is 9.08. The molecule has 3 nitrogen and oxygen atoms in total. The van der Waals surface area contributed by atoms with Gasteiger partial charge in [-0.2, -0.15) is 0 Å². The van der Waals surface area contributed by atoms with E-state index < -0.39 is 0 Å². The summed E-state index contributed by atoms with van der Waals surface area (Å²) in [4.78, 5) is 15.7. The second kappa shape index (κ2) is 7.65. The van der Waals surface area contributed by atoms with E-state index in [0.29, 0.717) is 0 Å². The number of hydrogen-bond acceptors (Lipinski definition) is 2. The van der Waals surface area contributed by atoms with Crippen LogP contribution in [0.1, 0.15) is 30.9 Å². The fourth-order valence-corrected chi connectivity index (χ4v) is 2.73. The molecule has 1 aliphatic rings. The van der Waals surface area contributed by atoms with Gasteiger partial charge in [-0.3, -0.25) is 4.79 Å². The molecule has 0 N–H and O–H groups in total. The summed E-state index contributed by atoms with van der Waals surface area (Å²) in [5.41, 5.74) is 3.85. The van der Waals surface area contributed by atoms with E-state index in [1.807, 2.05) is 4.90 Å². The smallest absolute Gasteiger partial charge is 0.223 e. The van der Waals surface area contributed by atoms with Gasteiger partial charge in [-0.15, -0.1) is 12.4 Å². The van der Waals surface area contributed by atoms with Gasteiger partial charge < -0.3 is 9.80 Å². The van der Waals surface area contributed by atoms with Gasteiger partial charge in [-0.1, -0.05) is 12.1 Å². The van der Waals surface area contributed by atoms with E-state index in [-0.39, 0.29) is 18.3 Å². The first kappa shape index (κ1) is 17.0. The van der Waals surface area contributed by atoms with Crippen LogP contribution >= 0.6 is 12.4 Å². The fourth-order valence-electron chi connectivity index (χ4n) is 2.73. The van der Waals surface area contributed by atoms with Crippen molar-refractivity contribution in [1.29, 1.82) is 0 Å². The third kappa shape index (κ3) is 4.22. The van der Waals surface area contributed by atoms with Gasteiger partial charge in [0.2, 0.25) is 5.91 Å². The lowest BCUT2D eigenvalue weighted by Gasteiger charge is -2.29. The Kier molecular flexibility index (Phi) is 6.50. The van der Waals surface area contributed by atoms with E-state index in [0.717, 1.165) is 38.0 Å². The topological polar surface area (TPSA) is 23.6 Å². The molecule has 0 unspecified atom stereocenters. The lowest BCUT2D eigenvalue weighted by Crippen LogP contribution is -2.33. The number of rotatable bonds is 4. The molecule has 0 aliphatic carbocycles. The van der Waals surface area contributed by atoms with Crippen molar-refractivity contribution in [2.45, 2.75) is 32.6 Å². The van der Waals surface area contributed by atoms with Crippen LogP contribution in [0.3, 0.4) is 0 Å². The SMILES string of the molecule is CC(=O)N1CCCc2cc(CCCN(C)C)ccc21.Cl. The van der Waals surface area contributed by atoms with Crippen molar-refractivity contribution >= 4 is 24.0 Å². The van der Waals surface area contributed by atoms with Crippen molar-refractivity contribution in [3.63, 3.8) is 0 Å². The number of nitrogens with zero attached hydrogens (tertiary/aromatic N) is 2. The number of anilines is 1. The molecule has 0 saturated carbocycles. The van der Waals surface area contributed by atoms with Crippen LogP contribution in [0.25, 0.3) is 0 Å². The maximum absolute atomic E-state index is 11.6. The van der Waals surface area contributed by atoms with Gasteiger partial charge >= 0.3 is 0 Å². The van der Waals surface area contributed by atoms with Crippen molar-refractivity contribution in [2.75, 3.05) is 32.1 Å². The Morgan fingerprint density at radius 3 is 2.75 bits per heavy atom. The Morgan fingerprint density at radius 1 is 1.35 bits per heavy atom. The highest BCUT2D eigenvalue weighted by atomic mass is 35.5. The Hall–Kier alpha value is -1.06. The number of carbonyl (C=O) groups excluding carboxylic acids is 1. The van der Waals surface area contributed by atoms with E-state index in [2.05, 4.69) is 37.2 Å². The molecule has 2 rings (SSSR count). The summed E-state index contributed by atoms with van der Waals surface area (Å²) in [7, 11) is 4.22. The maximum Gasteiger partial charge on any atom is 0.223 e. The molecule has 1 aromatic carbocycles. The highest BCUT2D eigenvalue weighted by Gasteiger charge is 2.19. The summed E-state index contributed by atoms with van der Waals surface area (Å²) >= 11 is 0. The molecule has 1 aliphatic heterocycles. The Balaban J connectivity index is 0.00000200. The molecule has 112 valence electrons. The van der Waals surface area contributed by atoms with E-state index in [4.69, 9.17) is 0 Å².